The van der Waals surface area contributed by atoms with E-state index >= 15 is 8.78 Å². The molecule has 0 aliphatic carbocycles. The van der Waals surface area contributed by atoms with Gasteiger partial charge in [-0.3, -0.25) is 0 Å². The van der Waals surface area contributed by atoms with Crippen molar-refractivity contribution in [3.63, 3.8) is 0 Å². The fraction of sp³-hybridized carbons (Fsp3) is 0.423. The van der Waals surface area contributed by atoms with Crippen molar-refractivity contribution in [1.82, 2.24) is 24.1 Å². The molecule has 13 heteroatoms. The van der Waals surface area contributed by atoms with Crippen molar-refractivity contribution in [1.29, 1.82) is 0 Å². The first-order chi connectivity index (χ1) is 18.0. The maximum Gasteiger partial charge on any atom is 0.453 e. The van der Waals surface area contributed by atoms with E-state index in [1.807, 2.05) is 33.9 Å². The lowest BCUT2D eigenvalue weighted by Gasteiger charge is -2.37. The minimum Gasteiger partial charge on any atom is -0.497 e. The van der Waals surface area contributed by atoms with Crippen molar-refractivity contribution in [2.24, 2.45) is 0 Å². The fourth-order valence-electron chi connectivity index (χ4n) is 3.55. The van der Waals surface area contributed by atoms with Gasteiger partial charge in [-0.05, 0) is 48.0 Å². The van der Waals surface area contributed by atoms with Crippen LogP contribution in [-0.2, 0) is 23.1 Å². The number of imidazole rings is 1. The van der Waals surface area contributed by atoms with E-state index in [0.717, 1.165) is 4.68 Å². The first kappa shape index (κ1) is 28.7. The average molecular weight is 568 g/mol. The summed E-state index contributed by atoms with van der Waals surface area (Å²) in [5.41, 5.74) is 0.684. The molecule has 39 heavy (non-hydrogen) atoms. The number of benzene rings is 1. The number of alkyl halides is 5. The Balaban J connectivity index is 1.67. The number of nitrogens with zero attached hydrogens (tertiary/aromatic N) is 5. The molecule has 210 valence electrons. The Hall–Kier alpha value is -3.32. The zero-order valence-corrected chi connectivity index (χ0v) is 23.5. The molecular weight excluding hydrogens is 537 g/mol. The van der Waals surface area contributed by atoms with Gasteiger partial charge in [-0.1, -0.05) is 32.9 Å². The Kier molecular flexibility index (Phi) is 7.36. The van der Waals surface area contributed by atoms with E-state index in [1.54, 1.807) is 24.3 Å². The van der Waals surface area contributed by atoms with Crippen LogP contribution in [0.25, 0.3) is 17.2 Å². The van der Waals surface area contributed by atoms with Crippen molar-refractivity contribution >= 4 is 14.0 Å². The zero-order valence-electron chi connectivity index (χ0n) is 22.5. The van der Waals surface area contributed by atoms with Gasteiger partial charge >= 0.3 is 6.18 Å². The van der Waals surface area contributed by atoms with Gasteiger partial charge < -0.3 is 13.6 Å². The summed E-state index contributed by atoms with van der Waals surface area (Å²) in [4.78, 5) is 8.02. The second-order valence-electron chi connectivity index (χ2n) is 10.8. The van der Waals surface area contributed by atoms with Crippen LogP contribution in [0, 0.1) is 0 Å². The Labute approximate surface area is 223 Å². The number of hydrogen-bond acceptors (Lipinski definition) is 5. The van der Waals surface area contributed by atoms with Crippen LogP contribution in [0.4, 0.5) is 22.0 Å². The highest BCUT2D eigenvalue weighted by Crippen LogP contribution is 2.39. The molecule has 0 saturated heterocycles. The third kappa shape index (κ3) is 6.14. The lowest BCUT2D eigenvalue weighted by Crippen LogP contribution is -2.43. The summed E-state index contributed by atoms with van der Waals surface area (Å²) in [5, 5.41) is 3.42. The van der Waals surface area contributed by atoms with Crippen LogP contribution in [0.2, 0.25) is 18.1 Å². The smallest absolute Gasteiger partial charge is 0.453 e. The molecule has 0 saturated carbocycles. The van der Waals surface area contributed by atoms with Crippen molar-refractivity contribution in [3.8, 4) is 17.3 Å². The summed E-state index contributed by atoms with van der Waals surface area (Å²) in [6.45, 7) is 8.89. The molecule has 1 aromatic carbocycles. The van der Waals surface area contributed by atoms with Gasteiger partial charge in [0.15, 0.2) is 14.1 Å². The molecule has 3 aromatic heterocycles. The minimum absolute atomic E-state index is 0.0234. The molecule has 0 unspecified atom stereocenters. The van der Waals surface area contributed by atoms with E-state index in [-0.39, 0.29) is 34.3 Å². The molecule has 0 aliphatic rings. The molecule has 0 atom stereocenters. The summed E-state index contributed by atoms with van der Waals surface area (Å²) >= 11 is 0. The number of pyridine rings is 1. The van der Waals surface area contributed by atoms with Crippen molar-refractivity contribution in [2.45, 2.75) is 57.5 Å². The molecule has 0 N–H and O–H groups in total. The van der Waals surface area contributed by atoms with E-state index in [9.17, 15) is 13.2 Å². The van der Waals surface area contributed by atoms with E-state index in [1.165, 1.54) is 36.0 Å². The molecule has 0 amide bonds. The van der Waals surface area contributed by atoms with Crippen molar-refractivity contribution in [3.05, 3.63) is 65.7 Å². The first-order valence-corrected chi connectivity index (χ1v) is 15.1. The molecule has 7 nitrogen and oxygen atoms in total. The van der Waals surface area contributed by atoms with Gasteiger partial charge in [-0.25, -0.2) is 14.6 Å². The van der Waals surface area contributed by atoms with Crippen molar-refractivity contribution < 1.29 is 31.1 Å². The van der Waals surface area contributed by atoms with Crippen LogP contribution in [-0.4, -0.2) is 46.2 Å². The zero-order chi connectivity index (χ0) is 28.8. The summed E-state index contributed by atoms with van der Waals surface area (Å²) in [6.07, 6.45) is -2.22. The highest BCUT2D eigenvalue weighted by atomic mass is 28.4. The van der Waals surface area contributed by atoms with Crippen LogP contribution < -0.4 is 4.74 Å². The standard InChI is InChI=1S/C26H30F5N5O2Si/c1-24(2,3)39(5,6)38-16-25(27,28)18-9-12-21-32-20(15-35(21)14-18)22-33-23(26(29,30)31)34-36(22)13-17-7-10-19(37-4)11-8-17/h7-12,14-15H,13,16H2,1-6H3. The summed E-state index contributed by atoms with van der Waals surface area (Å²) in [7, 11) is -0.908. The third-order valence-corrected chi connectivity index (χ3v) is 11.4. The molecule has 0 spiro atoms. The van der Waals surface area contributed by atoms with Crippen LogP contribution in [0.15, 0.2) is 48.8 Å². The Morgan fingerprint density at radius 3 is 2.15 bits per heavy atom. The normalized spacial score (nSPS) is 13.3. The van der Waals surface area contributed by atoms with Crippen LogP contribution in [0.1, 0.15) is 37.7 Å². The van der Waals surface area contributed by atoms with Gasteiger partial charge in [0.25, 0.3) is 11.7 Å². The lowest BCUT2D eigenvalue weighted by molar-refractivity contribution is -0.144. The van der Waals surface area contributed by atoms with E-state index in [2.05, 4.69) is 15.1 Å². The summed E-state index contributed by atoms with van der Waals surface area (Å²) in [5.74, 6) is -4.16. The predicted molar refractivity (Wildman–Crippen MR) is 138 cm³/mol. The number of methoxy groups -OCH3 is 1. The quantitative estimate of drug-likeness (QED) is 0.173. The lowest BCUT2D eigenvalue weighted by atomic mass is 10.1. The van der Waals surface area contributed by atoms with Crippen LogP contribution >= 0.6 is 0 Å². The predicted octanol–water partition coefficient (Wildman–Crippen LogP) is 6.78. The van der Waals surface area contributed by atoms with E-state index in [0.29, 0.717) is 11.3 Å². The second kappa shape index (κ2) is 10.0. The summed E-state index contributed by atoms with van der Waals surface area (Å²) in [6, 6.07) is 9.37. The Morgan fingerprint density at radius 2 is 1.56 bits per heavy atom. The van der Waals surface area contributed by atoms with E-state index < -0.39 is 32.8 Å². The SMILES string of the molecule is COc1ccc(Cn2nc(C(F)(F)F)nc2-c2cn3cc(C(F)(F)CO[Si](C)(C)C(C)(C)C)ccc3n2)cc1. The van der Waals surface area contributed by atoms with E-state index in [4.69, 9.17) is 9.16 Å². The van der Waals surface area contributed by atoms with Gasteiger partial charge in [0.05, 0.1) is 13.7 Å². The highest BCUT2D eigenvalue weighted by molar-refractivity contribution is 6.74. The first-order valence-electron chi connectivity index (χ1n) is 12.2. The molecule has 4 aromatic rings. The number of halogens is 5. The molecule has 0 aliphatic heterocycles. The Morgan fingerprint density at radius 1 is 0.897 bits per heavy atom. The number of rotatable bonds is 8. The number of fused-ring (bicyclic) bond motifs is 1. The van der Waals surface area contributed by atoms with Crippen LogP contribution in [0.3, 0.4) is 0 Å². The highest BCUT2D eigenvalue weighted by Gasteiger charge is 2.42. The minimum atomic E-state index is -4.78. The molecule has 0 fully saturated rings. The largest absolute Gasteiger partial charge is 0.497 e. The molecular formula is C26H30F5N5O2Si. The maximum atomic E-state index is 15.1. The average Bonchev–Trinajstić information content (AvgIpc) is 3.46. The Bertz CT molecular complexity index is 1460. The molecule has 4 rings (SSSR count). The maximum absolute atomic E-state index is 15.1. The van der Waals surface area contributed by atoms with Gasteiger partial charge in [0.1, 0.15) is 23.7 Å². The van der Waals surface area contributed by atoms with Gasteiger partial charge in [-0.2, -0.15) is 22.0 Å². The fourth-order valence-corrected chi connectivity index (χ4v) is 4.53. The third-order valence-electron chi connectivity index (χ3n) is 6.94. The molecule has 0 bridgehead atoms. The number of ether oxygens (including phenoxy) is 1. The van der Waals surface area contributed by atoms with Gasteiger partial charge in [-0.15, -0.1) is 5.10 Å². The molecule has 0 radical (unpaired) electrons. The summed E-state index contributed by atoms with van der Waals surface area (Å²) < 4.78 is 84.0. The van der Waals surface area contributed by atoms with Crippen molar-refractivity contribution in [2.75, 3.05) is 13.7 Å². The van der Waals surface area contributed by atoms with Gasteiger partial charge in [0, 0.05) is 18.0 Å². The number of aromatic nitrogens is 5. The van der Waals surface area contributed by atoms with Crippen LogP contribution in [0.5, 0.6) is 5.75 Å². The topological polar surface area (TPSA) is 66.5 Å². The van der Waals surface area contributed by atoms with Gasteiger partial charge in [0.2, 0.25) is 0 Å². The molecule has 3 heterocycles. The second-order valence-corrected chi connectivity index (χ2v) is 15.6. The number of hydrogen-bond donors (Lipinski definition) is 0. The monoisotopic (exact) mass is 567 g/mol.